The fraction of sp³-hybridized carbons (Fsp3) is 0.412. The number of H-pyrrole nitrogens is 1. The molecule has 1 unspecified atom stereocenters. The smallest absolute Gasteiger partial charge is 0.254 e. The molecule has 3 rings (SSSR count). The molecule has 0 bridgehead atoms. The lowest BCUT2D eigenvalue weighted by Crippen LogP contribution is -2.54. The number of nitrogens with one attached hydrogen (secondary N) is 1. The number of carbonyl (C=O) groups is 1. The highest BCUT2D eigenvalue weighted by molar-refractivity contribution is 6.06. The molecule has 1 aliphatic heterocycles. The molecule has 0 spiro atoms. The minimum absolute atomic E-state index is 0. The average Bonchev–Trinajstić information content (AvgIpc) is 2.48. The van der Waals surface area contributed by atoms with Crippen LogP contribution in [0.5, 0.6) is 0 Å². The van der Waals surface area contributed by atoms with Gasteiger partial charge in [-0.1, -0.05) is 13.8 Å². The van der Waals surface area contributed by atoms with Gasteiger partial charge in [0.15, 0.2) is 0 Å². The molecule has 5 nitrogen and oxygen atoms in total. The fourth-order valence-electron chi connectivity index (χ4n) is 3.13. The molecule has 0 saturated carbocycles. The van der Waals surface area contributed by atoms with Crippen molar-refractivity contribution in [2.45, 2.75) is 26.3 Å². The zero-order valence-electron chi connectivity index (χ0n) is 13.6. The number of rotatable bonds is 1. The SMILES string of the molecule is CC1(C)CN(C(=O)c2cc(=O)[nH]c3cc(F)ccc23)CCC1N.Cl. The Balaban J connectivity index is 0.00000208. The topological polar surface area (TPSA) is 79.2 Å². The molecule has 1 atom stereocenters. The van der Waals surface area contributed by atoms with Crippen LogP contribution in [0, 0.1) is 11.2 Å². The van der Waals surface area contributed by atoms with E-state index in [2.05, 4.69) is 4.98 Å². The number of aromatic nitrogens is 1. The second kappa shape index (κ2) is 6.53. The maximum atomic E-state index is 13.4. The van der Waals surface area contributed by atoms with Gasteiger partial charge in [-0.25, -0.2) is 4.39 Å². The van der Waals surface area contributed by atoms with Gasteiger partial charge in [0.05, 0.1) is 11.1 Å². The first-order valence-electron chi connectivity index (χ1n) is 7.65. The van der Waals surface area contributed by atoms with Crippen LogP contribution in [-0.2, 0) is 0 Å². The van der Waals surface area contributed by atoms with Crippen LogP contribution in [0.15, 0.2) is 29.1 Å². The summed E-state index contributed by atoms with van der Waals surface area (Å²) in [5.74, 6) is -0.671. The first-order valence-corrected chi connectivity index (χ1v) is 7.65. The van der Waals surface area contributed by atoms with Crippen LogP contribution >= 0.6 is 12.4 Å². The number of fused-ring (bicyclic) bond motifs is 1. The molecular formula is C17H21ClFN3O2. The second-order valence-electron chi connectivity index (χ2n) is 6.85. The van der Waals surface area contributed by atoms with Gasteiger partial charge in [-0.2, -0.15) is 0 Å². The number of carbonyl (C=O) groups excluding carboxylic acids is 1. The Morgan fingerprint density at radius 3 is 2.75 bits per heavy atom. The number of amides is 1. The van der Waals surface area contributed by atoms with Crippen LogP contribution in [-0.4, -0.2) is 34.9 Å². The lowest BCUT2D eigenvalue weighted by Gasteiger charge is -2.42. The average molecular weight is 354 g/mol. The third-order valence-electron chi connectivity index (χ3n) is 4.63. The Morgan fingerprint density at radius 1 is 1.38 bits per heavy atom. The van der Waals surface area contributed by atoms with Crippen LogP contribution in [0.3, 0.4) is 0 Å². The number of benzene rings is 1. The minimum atomic E-state index is -0.456. The number of pyridine rings is 1. The van der Waals surface area contributed by atoms with Crippen molar-refractivity contribution in [1.29, 1.82) is 0 Å². The Morgan fingerprint density at radius 2 is 2.08 bits per heavy atom. The molecule has 130 valence electrons. The van der Waals surface area contributed by atoms with Gasteiger partial charge in [0, 0.05) is 30.6 Å². The normalized spacial score (nSPS) is 19.8. The molecule has 2 heterocycles. The van der Waals surface area contributed by atoms with E-state index in [1.165, 1.54) is 24.3 Å². The number of piperidine rings is 1. The molecular weight excluding hydrogens is 333 g/mol. The summed E-state index contributed by atoms with van der Waals surface area (Å²) >= 11 is 0. The maximum absolute atomic E-state index is 13.4. The third-order valence-corrected chi connectivity index (χ3v) is 4.63. The highest BCUT2D eigenvalue weighted by atomic mass is 35.5. The van der Waals surface area contributed by atoms with E-state index in [4.69, 9.17) is 5.73 Å². The summed E-state index contributed by atoms with van der Waals surface area (Å²) in [6, 6.07) is 5.35. The minimum Gasteiger partial charge on any atom is -0.338 e. The monoisotopic (exact) mass is 353 g/mol. The van der Waals surface area contributed by atoms with Crippen molar-refractivity contribution >= 4 is 29.2 Å². The molecule has 0 aliphatic carbocycles. The molecule has 1 amide bonds. The van der Waals surface area contributed by atoms with E-state index in [0.717, 1.165) is 0 Å². The van der Waals surface area contributed by atoms with Crippen molar-refractivity contribution in [2.75, 3.05) is 13.1 Å². The van der Waals surface area contributed by atoms with Crippen LogP contribution in [0.25, 0.3) is 10.9 Å². The molecule has 3 N–H and O–H groups in total. The van der Waals surface area contributed by atoms with E-state index >= 15 is 0 Å². The van der Waals surface area contributed by atoms with Crippen LogP contribution in [0.2, 0.25) is 0 Å². The first-order chi connectivity index (χ1) is 10.8. The van der Waals surface area contributed by atoms with Crippen molar-refractivity contribution in [1.82, 2.24) is 9.88 Å². The molecule has 1 saturated heterocycles. The number of hydrogen-bond acceptors (Lipinski definition) is 3. The molecule has 2 aromatic rings. The molecule has 7 heteroatoms. The van der Waals surface area contributed by atoms with Crippen LogP contribution < -0.4 is 11.3 Å². The summed E-state index contributed by atoms with van der Waals surface area (Å²) in [5.41, 5.74) is 6.14. The Hall–Kier alpha value is -1.92. The lowest BCUT2D eigenvalue weighted by molar-refractivity contribution is 0.0534. The van der Waals surface area contributed by atoms with E-state index in [0.29, 0.717) is 36.0 Å². The molecule has 1 fully saturated rings. The van der Waals surface area contributed by atoms with E-state index in [9.17, 15) is 14.0 Å². The summed E-state index contributed by atoms with van der Waals surface area (Å²) < 4.78 is 13.4. The highest BCUT2D eigenvalue weighted by Crippen LogP contribution is 2.29. The Bertz CT molecular complexity index is 834. The standard InChI is InChI=1S/C17H20FN3O2.ClH/c1-17(2)9-21(6-5-14(17)19)16(23)12-8-15(22)20-13-7-10(18)3-4-11(12)13;/h3-4,7-8,14H,5-6,9,19H2,1-2H3,(H,20,22);1H. The Kier molecular flexibility index (Phi) is 5.01. The van der Waals surface area contributed by atoms with E-state index in [-0.39, 0.29) is 29.8 Å². The number of aromatic amines is 1. The number of nitrogens with two attached hydrogens (primary N) is 1. The summed E-state index contributed by atoms with van der Waals surface area (Å²) in [7, 11) is 0. The van der Waals surface area contributed by atoms with Crippen LogP contribution in [0.1, 0.15) is 30.6 Å². The van der Waals surface area contributed by atoms with Gasteiger partial charge < -0.3 is 15.6 Å². The summed E-state index contributed by atoms with van der Waals surface area (Å²) in [4.78, 5) is 29.0. The largest absolute Gasteiger partial charge is 0.338 e. The Labute approximate surface area is 145 Å². The van der Waals surface area contributed by atoms with Gasteiger partial charge in [0.25, 0.3) is 5.91 Å². The van der Waals surface area contributed by atoms with E-state index in [1.807, 2.05) is 13.8 Å². The van der Waals surface area contributed by atoms with Gasteiger partial charge in [0.1, 0.15) is 5.82 Å². The molecule has 0 radical (unpaired) electrons. The summed E-state index contributed by atoms with van der Waals surface area (Å²) in [6.07, 6.45) is 0.717. The van der Waals surface area contributed by atoms with Crippen LogP contribution in [0.4, 0.5) is 4.39 Å². The molecule has 24 heavy (non-hydrogen) atoms. The highest BCUT2D eigenvalue weighted by Gasteiger charge is 2.36. The second-order valence-corrected chi connectivity index (χ2v) is 6.85. The van der Waals surface area contributed by atoms with Gasteiger partial charge in [-0.05, 0) is 30.0 Å². The zero-order valence-corrected chi connectivity index (χ0v) is 14.5. The fourth-order valence-corrected chi connectivity index (χ4v) is 3.13. The molecule has 1 aliphatic rings. The van der Waals surface area contributed by atoms with Gasteiger partial charge in [0.2, 0.25) is 5.56 Å². The number of likely N-dealkylation sites (tertiary alicyclic amines) is 1. The van der Waals surface area contributed by atoms with Gasteiger partial charge in [-0.3, -0.25) is 9.59 Å². The quantitative estimate of drug-likeness (QED) is 0.825. The number of halogens is 2. The number of nitrogens with zero attached hydrogens (tertiary/aromatic N) is 1. The predicted molar refractivity (Wildman–Crippen MR) is 94.1 cm³/mol. The first kappa shape index (κ1) is 18.4. The van der Waals surface area contributed by atoms with E-state index in [1.54, 1.807) is 4.90 Å². The maximum Gasteiger partial charge on any atom is 0.254 e. The van der Waals surface area contributed by atoms with Crippen molar-refractivity contribution in [3.05, 3.63) is 46.0 Å². The molecule has 1 aromatic carbocycles. The van der Waals surface area contributed by atoms with Crippen molar-refractivity contribution in [2.24, 2.45) is 11.1 Å². The lowest BCUT2D eigenvalue weighted by atomic mass is 9.79. The van der Waals surface area contributed by atoms with E-state index < -0.39 is 11.4 Å². The van der Waals surface area contributed by atoms with Gasteiger partial charge >= 0.3 is 0 Å². The van der Waals surface area contributed by atoms with Crippen molar-refractivity contribution in [3.63, 3.8) is 0 Å². The van der Waals surface area contributed by atoms with Gasteiger partial charge in [-0.15, -0.1) is 12.4 Å². The molecule has 1 aromatic heterocycles. The summed E-state index contributed by atoms with van der Waals surface area (Å²) in [5, 5.41) is 0.545. The zero-order chi connectivity index (χ0) is 16.8. The predicted octanol–water partition coefficient (Wildman–Crippen LogP) is 2.29. The van der Waals surface area contributed by atoms with Crippen molar-refractivity contribution in [3.8, 4) is 0 Å². The summed E-state index contributed by atoms with van der Waals surface area (Å²) in [6.45, 7) is 5.15. The number of hydrogen-bond donors (Lipinski definition) is 2. The third kappa shape index (κ3) is 3.30. The van der Waals surface area contributed by atoms with Crippen molar-refractivity contribution < 1.29 is 9.18 Å².